The van der Waals surface area contributed by atoms with Crippen LogP contribution in [0.3, 0.4) is 0 Å². The Labute approximate surface area is 239 Å². The fraction of sp³-hybridized carbons (Fsp3) is 0.536. The minimum absolute atomic E-state index is 0.0515. The Hall–Kier alpha value is -3.22. The van der Waals surface area contributed by atoms with Gasteiger partial charge in [-0.1, -0.05) is 13.8 Å². The fourth-order valence-electron chi connectivity index (χ4n) is 4.54. The summed E-state index contributed by atoms with van der Waals surface area (Å²) in [6, 6.07) is 6.90. The molecule has 40 heavy (non-hydrogen) atoms. The molecule has 1 aromatic carbocycles. The highest BCUT2D eigenvalue weighted by molar-refractivity contribution is 7.89. The molecule has 1 aromatic rings. The number of nitrogens with one attached hydrogen (secondary N) is 3. The van der Waals surface area contributed by atoms with Crippen LogP contribution in [-0.2, 0) is 14.8 Å². The number of hydrogen-bond donors (Lipinski definition) is 3. The van der Waals surface area contributed by atoms with Crippen LogP contribution in [0.2, 0.25) is 0 Å². The predicted molar refractivity (Wildman–Crippen MR) is 161 cm³/mol. The lowest BCUT2D eigenvalue weighted by atomic mass is 9.91. The second-order valence-electron chi connectivity index (χ2n) is 11.1. The van der Waals surface area contributed by atoms with Gasteiger partial charge >= 0.3 is 0 Å². The highest BCUT2D eigenvalue weighted by atomic mass is 32.2. The summed E-state index contributed by atoms with van der Waals surface area (Å²) in [5.41, 5.74) is 1.79. The van der Waals surface area contributed by atoms with Crippen LogP contribution in [-0.4, -0.2) is 87.9 Å². The van der Waals surface area contributed by atoms with Gasteiger partial charge in [0, 0.05) is 38.6 Å². The molecule has 0 saturated heterocycles. The summed E-state index contributed by atoms with van der Waals surface area (Å²) >= 11 is 0. The maximum absolute atomic E-state index is 12.5. The van der Waals surface area contributed by atoms with Crippen LogP contribution >= 0.6 is 0 Å². The molecule has 0 spiro atoms. The number of carbonyl (C=O) groups is 1. The van der Waals surface area contributed by atoms with Crippen LogP contribution < -0.4 is 16.0 Å². The monoisotopic (exact) mass is 572 g/mol. The zero-order chi connectivity index (χ0) is 29.6. The topological polar surface area (TPSA) is 122 Å². The number of hydrazone groups is 1. The zero-order valence-electron chi connectivity index (χ0n) is 24.7. The molecule has 1 aliphatic carbocycles. The first-order valence-electron chi connectivity index (χ1n) is 13.6. The molecule has 12 heteroatoms. The average molecular weight is 573 g/mol. The Balaban J connectivity index is 1.84. The van der Waals surface area contributed by atoms with E-state index in [0.717, 1.165) is 37.1 Å². The molecule has 2 aliphatic rings. The molecule has 11 nitrogen and oxygen atoms in total. The number of amidine groups is 1. The van der Waals surface area contributed by atoms with Gasteiger partial charge in [0.25, 0.3) is 0 Å². The van der Waals surface area contributed by atoms with E-state index >= 15 is 0 Å². The van der Waals surface area contributed by atoms with Crippen molar-refractivity contribution in [2.75, 3.05) is 40.1 Å². The maximum atomic E-state index is 12.5. The number of hydrogen-bond acceptors (Lipinski definition) is 8. The van der Waals surface area contributed by atoms with Crippen molar-refractivity contribution in [2.24, 2.45) is 16.0 Å². The van der Waals surface area contributed by atoms with E-state index < -0.39 is 10.0 Å². The molecule has 3 N–H and O–H groups in total. The van der Waals surface area contributed by atoms with Crippen LogP contribution in [0.1, 0.15) is 46.5 Å². The lowest BCUT2D eigenvalue weighted by Gasteiger charge is -2.33. The molecular formula is C28H44N8O3S. The Morgan fingerprint density at radius 3 is 2.27 bits per heavy atom. The van der Waals surface area contributed by atoms with E-state index in [1.165, 1.54) is 18.4 Å². The second-order valence-corrected chi connectivity index (χ2v) is 13.2. The molecule has 1 fully saturated rings. The van der Waals surface area contributed by atoms with E-state index in [-0.39, 0.29) is 28.8 Å². The molecule has 0 aromatic heterocycles. The number of anilines is 1. The van der Waals surface area contributed by atoms with Crippen molar-refractivity contribution in [1.82, 2.24) is 24.8 Å². The first-order valence-corrected chi connectivity index (χ1v) is 15.0. The normalized spacial score (nSPS) is 22.3. The largest absolute Gasteiger partial charge is 0.352 e. The summed E-state index contributed by atoms with van der Waals surface area (Å²) in [6.45, 7) is 10.4. The number of allylic oxidation sites excluding steroid dienone is 1. The van der Waals surface area contributed by atoms with Gasteiger partial charge in [0.1, 0.15) is 17.5 Å². The third-order valence-corrected chi connectivity index (χ3v) is 8.92. The Morgan fingerprint density at radius 1 is 1.12 bits per heavy atom. The van der Waals surface area contributed by atoms with E-state index in [4.69, 9.17) is 4.99 Å². The predicted octanol–water partition coefficient (Wildman–Crippen LogP) is 2.99. The molecular weight excluding hydrogens is 528 g/mol. The molecule has 1 amide bonds. The molecule has 0 radical (unpaired) electrons. The van der Waals surface area contributed by atoms with Crippen molar-refractivity contribution in [3.63, 3.8) is 0 Å². The Kier molecular flexibility index (Phi) is 10.5. The molecule has 0 bridgehead atoms. The quantitative estimate of drug-likeness (QED) is 0.369. The molecule has 1 heterocycles. The number of aliphatic imine (C=N–C) groups is 1. The number of benzene rings is 1. The SMILES string of the molecule is C=NN1C(Nc2ccc(S(=O)(=O)N(C)C)cc2)=CC(=NC2CCC(NC(=O)CN(C)C)CC2)N/C1=C(/C)C(C)C. The summed E-state index contributed by atoms with van der Waals surface area (Å²) in [6.07, 6.45) is 5.41. The van der Waals surface area contributed by atoms with Crippen LogP contribution in [0.15, 0.2) is 62.5 Å². The minimum Gasteiger partial charge on any atom is -0.352 e. The van der Waals surface area contributed by atoms with Crippen LogP contribution in [0.4, 0.5) is 5.69 Å². The summed E-state index contributed by atoms with van der Waals surface area (Å²) < 4.78 is 26.1. The Morgan fingerprint density at radius 2 is 1.75 bits per heavy atom. The van der Waals surface area contributed by atoms with E-state index in [1.807, 2.05) is 32.0 Å². The van der Waals surface area contributed by atoms with Gasteiger partial charge in [0.2, 0.25) is 15.9 Å². The van der Waals surface area contributed by atoms with E-state index in [2.05, 4.69) is 41.6 Å². The van der Waals surface area contributed by atoms with E-state index in [0.29, 0.717) is 23.9 Å². The molecule has 3 rings (SSSR count). The summed E-state index contributed by atoms with van der Waals surface area (Å²) in [7, 11) is 3.27. The zero-order valence-corrected chi connectivity index (χ0v) is 25.5. The minimum atomic E-state index is -3.52. The van der Waals surface area contributed by atoms with Gasteiger partial charge in [-0.3, -0.25) is 9.79 Å². The lowest BCUT2D eigenvalue weighted by Crippen LogP contribution is -2.43. The van der Waals surface area contributed by atoms with Crippen molar-refractivity contribution in [2.45, 2.75) is 63.4 Å². The number of amides is 1. The highest BCUT2D eigenvalue weighted by Gasteiger charge is 2.27. The van der Waals surface area contributed by atoms with Crippen molar-refractivity contribution >= 4 is 34.2 Å². The van der Waals surface area contributed by atoms with Gasteiger partial charge in [0.15, 0.2) is 0 Å². The van der Waals surface area contributed by atoms with Crippen molar-refractivity contribution in [3.05, 3.63) is 47.6 Å². The second kappa shape index (κ2) is 13.4. The van der Waals surface area contributed by atoms with Gasteiger partial charge in [-0.15, -0.1) is 0 Å². The summed E-state index contributed by atoms with van der Waals surface area (Å²) in [5.74, 6) is 2.45. The van der Waals surface area contributed by atoms with Crippen LogP contribution in [0.25, 0.3) is 0 Å². The molecule has 0 atom stereocenters. The van der Waals surface area contributed by atoms with Crippen molar-refractivity contribution in [1.29, 1.82) is 0 Å². The van der Waals surface area contributed by atoms with Gasteiger partial charge in [-0.25, -0.2) is 17.7 Å². The third-order valence-electron chi connectivity index (χ3n) is 7.09. The Bertz CT molecular complexity index is 1260. The standard InChI is InChI=1S/C28H44N8O3S/c1-19(2)20(3)28-33-25(30-21-9-11-23(12-10-21)32-27(37)18-34(5)6)17-26(36(28)29-4)31-22-13-15-24(16-14-22)40(38,39)35(7)8/h13-17,19,21,23,31H,4,9-12,18H2,1-3,5-8H3,(H,30,33)(H,32,37)/b28-20+. The first-order chi connectivity index (χ1) is 18.8. The van der Waals surface area contributed by atoms with Crippen molar-refractivity contribution in [3.8, 4) is 0 Å². The third kappa shape index (κ3) is 7.92. The highest BCUT2D eigenvalue weighted by Crippen LogP contribution is 2.27. The van der Waals surface area contributed by atoms with Gasteiger partial charge in [0.05, 0.1) is 17.5 Å². The smallest absolute Gasteiger partial charge is 0.242 e. The fourth-order valence-corrected chi connectivity index (χ4v) is 5.44. The number of carbonyl (C=O) groups excluding carboxylic acids is 1. The molecule has 1 aliphatic heterocycles. The number of likely N-dealkylation sites (N-methyl/N-ethyl adjacent to an activating group) is 1. The van der Waals surface area contributed by atoms with Crippen LogP contribution in [0, 0.1) is 5.92 Å². The van der Waals surface area contributed by atoms with E-state index in [1.54, 1.807) is 29.3 Å². The lowest BCUT2D eigenvalue weighted by molar-refractivity contribution is -0.122. The molecule has 0 unspecified atom stereocenters. The summed E-state index contributed by atoms with van der Waals surface area (Å²) in [5, 5.41) is 15.9. The van der Waals surface area contributed by atoms with Gasteiger partial charge < -0.3 is 20.9 Å². The van der Waals surface area contributed by atoms with Gasteiger partial charge in [-0.05, 0) is 82.5 Å². The van der Waals surface area contributed by atoms with Crippen molar-refractivity contribution < 1.29 is 13.2 Å². The van der Waals surface area contributed by atoms with E-state index in [9.17, 15) is 13.2 Å². The molecule has 1 saturated carbocycles. The first kappa shape index (κ1) is 31.3. The summed E-state index contributed by atoms with van der Waals surface area (Å²) in [4.78, 5) is 19.3. The number of sulfonamides is 1. The van der Waals surface area contributed by atoms with Gasteiger partial charge in [-0.2, -0.15) is 5.10 Å². The number of rotatable bonds is 10. The maximum Gasteiger partial charge on any atom is 0.242 e. The average Bonchev–Trinajstić information content (AvgIpc) is 2.88. The molecule has 220 valence electrons. The number of nitrogens with zero attached hydrogens (tertiary/aromatic N) is 5. The van der Waals surface area contributed by atoms with Crippen LogP contribution in [0.5, 0.6) is 0 Å².